The van der Waals surface area contributed by atoms with Crippen LogP contribution in [0.5, 0.6) is 0 Å². The minimum Gasteiger partial charge on any atom is -0.477 e. The Morgan fingerprint density at radius 2 is 2.24 bits per heavy atom. The van der Waals surface area contributed by atoms with E-state index in [1.165, 1.54) is 11.3 Å². The highest BCUT2D eigenvalue weighted by Crippen LogP contribution is 2.31. The first-order chi connectivity index (χ1) is 9.79. The number of aryl methyl sites for hydroxylation is 1. The molecule has 0 atom stereocenters. The number of carboxylic acid groups (broad SMARTS) is 1. The molecule has 0 saturated carbocycles. The molecule has 0 aliphatic carbocycles. The molecule has 21 heavy (non-hydrogen) atoms. The van der Waals surface area contributed by atoms with E-state index < -0.39 is 16.0 Å². The number of thiophene rings is 1. The smallest absolute Gasteiger partial charge is 0.345 e. The quantitative estimate of drug-likeness (QED) is 0.762. The van der Waals surface area contributed by atoms with Crippen LogP contribution in [0.25, 0.3) is 0 Å². The average Bonchev–Trinajstić information content (AvgIpc) is 2.96. The van der Waals surface area contributed by atoms with Gasteiger partial charge in [-0.1, -0.05) is 0 Å². The van der Waals surface area contributed by atoms with E-state index in [9.17, 15) is 13.2 Å². The number of thiazole rings is 1. The van der Waals surface area contributed by atoms with Gasteiger partial charge in [-0.25, -0.2) is 22.9 Å². The zero-order valence-corrected chi connectivity index (χ0v) is 14.8. The van der Waals surface area contributed by atoms with E-state index >= 15 is 0 Å². The summed E-state index contributed by atoms with van der Waals surface area (Å²) in [5, 5.41) is 11.7. The predicted molar refractivity (Wildman–Crippen MR) is 84.7 cm³/mol. The van der Waals surface area contributed by atoms with Crippen LogP contribution in [0.15, 0.2) is 20.1 Å². The lowest BCUT2D eigenvalue weighted by atomic mass is 10.3. The molecule has 10 heteroatoms. The molecule has 114 valence electrons. The van der Waals surface area contributed by atoms with Gasteiger partial charge in [0.05, 0.1) is 14.5 Å². The fourth-order valence-corrected chi connectivity index (χ4v) is 5.64. The second kappa shape index (κ2) is 6.53. The fourth-order valence-electron chi connectivity index (χ4n) is 1.55. The number of aromatic nitrogens is 1. The van der Waals surface area contributed by atoms with Crippen LogP contribution in [-0.4, -0.2) is 31.0 Å². The molecule has 6 nitrogen and oxygen atoms in total. The summed E-state index contributed by atoms with van der Waals surface area (Å²) in [5.41, 5.74) is 0.829. The molecule has 2 aromatic rings. The Labute approximate surface area is 138 Å². The van der Waals surface area contributed by atoms with Crippen molar-refractivity contribution in [2.75, 3.05) is 6.54 Å². The lowest BCUT2D eigenvalue weighted by Crippen LogP contribution is -2.26. The van der Waals surface area contributed by atoms with E-state index in [1.54, 1.807) is 0 Å². The van der Waals surface area contributed by atoms with E-state index in [1.807, 2.05) is 12.3 Å². The maximum Gasteiger partial charge on any atom is 0.345 e. The number of nitrogens with one attached hydrogen (secondary N) is 1. The predicted octanol–water partition coefficient (Wildman–Crippen LogP) is 2.49. The van der Waals surface area contributed by atoms with Crippen molar-refractivity contribution in [3.05, 3.63) is 30.8 Å². The summed E-state index contributed by atoms with van der Waals surface area (Å²) in [6.07, 6.45) is 0.483. The van der Waals surface area contributed by atoms with E-state index in [0.29, 0.717) is 6.42 Å². The van der Waals surface area contributed by atoms with Crippen molar-refractivity contribution in [3.8, 4) is 0 Å². The van der Waals surface area contributed by atoms with E-state index in [2.05, 4.69) is 25.6 Å². The van der Waals surface area contributed by atoms with Gasteiger partial charge in [0.15, 0.2) is 0 Å². The van der Waals surface area contributed by atoms with Crippen molar-refractivity contribution in [2.24, 2.45) is 0 Å². The molecular weight excluding hydrogens is 400 g/mol. The second-order valence-corrected chi connectivity index (χ2v) is 9.23. The first-order valence-corrected chi connectivity index (χ1v) is 9.70. The van der Waals surface area contributed by atoms with Gasteiger partial charge in [-0.3, -0.25) is 0 Å². The standard InChI is InChI=1S/C11H11BrN2O4S3/c1-6-14-7(5-19-6)2-3-13-21(17,18)9-4-8(11(15)16)20-10(9)12/h4-5,13H,2-3H2,1H3,(H,15,16). The largest absolute Gasteiger partial charge is 0.477 e. The summed E-state index contributed by atoms with van der Waals surface area (Å²) in [5.74, 6) is -1.15. The normalized spacial score (nSPS) is 11.7. The number of halogens is 1. The summed E-state index contributed by atoms with van der Waals surface area (Å²) in [4.78, 5) is 15.0. The van der Waals surface area contributed by atoms with Crippen molar-refractivity contribution in [1.29, 1.82) is 0 Å². The molecule has 0 amide bonds. The number of hydrogen-bond acceptors (Lipinski definition) is 6. The fraction of sp³-hybridized carbons (Fsp3) is 0.273. The van der Waals surface area contributed by atoms with Gasteiger partial charge in [-0.05, 0) is 28.9 Å². The van der Waals surface area contributed by atoms with E-state index in [0.717, 1.165) is 28.1 Å². The zero-order valence-electron chi connectivity index (χ0n) is 10.8. The molecule has 0 aromatic carbocycles. The maximum atomic E-state index is 12.1. The Kier molecular flexibility index (Phi) is 5.15. The molecule has 0 saturated heterocycles. The van der Waals surface area contributed by atoms with Crippen molar-refractivity contribution in [2.45, 2.75) is 18.2 Å². The Bertz CT molecular complexity index is 766. The van der Waals surface area contributed by atoms with Crippen LogP contribution >= 0.6 is 38.6 Å². The molecule has 0 unspecified atom stereocenters. The van der Waals surface area contributed by atoms with Gasteiger partial charge in [-0.15, -0.1) is 22.7 Å². The summed E-state index contributed by atoms with van der Waals surface area (Å²) in [7, 11) is -3.74. The molecule has 2 rings (SSSR count). The molecule has 0 aliphatic rings. The van der Waals surface area contributed by atoms with Crippen LogP contribution in [0, 0.1) is 6.92 Å². The minimum atomic E-state index is -3.74. The monoisotopic (exact) mass is 410 g/mol. The number of carboxylic acids is 1. The summed E-state index contributed by atoms with van der Waals surface area (Å²) >= 11 is 5.46. The van der Waals surface area contributed by atoms with Gasteiger partial charge in [-0.2, -0.15) is 0 Å². The topological polar surface area (TPSA) is 96.4 Å². The Hall–Kier alpha value is -0.810. The number of hydrogen-bond donors (Lipinski definition) is 2. The lowest BCUT2D eigenvalue weighted by Gasteiger charge is -2.04. The Balaban J connectivity index is 2.06. The third-order valence-electron chi connectivity index (χ3n) is 2.50. The van der Waals surface area contributed by atoms with Crippen molar-refractivity contribution >= 4 is 54.6 Å². The highest BCUT2D eigenvalue weighted by Gasteiger charge is 2.22. The van der Waals surface area contributed by atoms with Crippen LogP contribution in [0.3, 0.4) is 0 Å². The van der Waals surface area contributed by atoms with Gasteiger partial charge in [0, 0.05) is 18.3 Å². The van der Waals surface area contributed by atoms with Gasteiger partial charge in [0.2, 0.25) is 10.0 Å². The molecular formula is C11H11BrN2O4S3. The van der Waals surface area contributed by atoms with Crippen LogP contribution in [-0.2, 0) is 16.4 Å². The third-order valence-corrected chi connectivity index (χ3v) is 7.02. The lowest BCUT2D eigenvalue weighted by molar-refractivity contribution is 0.0702. The number of rotatable bonds is 6. The maximum absolute atomic E-state index is 12.1. The molecule has 0 spiro atoms. The van der Waals surface area contributed by atoms with Gasteiger partial charge in [0.25, 0.3) is 0 Å². The SMILES string of the molecule is Cc1nc(CCNS(=O)(=O)c2cc(C(=O)O)sc2Br)cs1. The molecule has 0 radical (unpaired) electrons. The summed E-state index contributed by atoms with van der Waals surface area (Å²) < 4.78 is 27.0. The van der Waals surface area contributed by atoms with Crippen LogP contribution < -0.4 is 4.72 Å². The summed E-state index contributed by atoms with van der Waals surface area (Å²) in [6, 6.07) is 1.15. The van der Waals surface area contributed by atoms with Crippen molar-refractivity contribution in [3.63, 3.8) is 0 Å². The molecule has 0 bridgehead atoms. The average molecular weight is 411 g/mol. The van der Waals surface area contributed by atoms with E-state index in [4.69, 9.17) is 5.11 Å². The second-order valence-electron chi connectivity index (χ2n) is 4.06. The molecule has 2 N–H and O–H groups in total. The summed E-state index contributed by atoms with van der Waals surface area (Å²) in [6.45, 7) is 2.09. The third kappa shape index (κ3) is 4.10. The first-order valence-electron chi connectivity index (χ1n) is 5.73. The minimum absolute atomic E-state index is 0.0302. The van der Waals surface area contributed by atoms with Crippen LogP contribution in [0.2, 0.25) is 0 Å². The number of sulfonamides is 1. The highest BCUT2D eigenvalue weighted by molar-refractivity contribution is 9.11. The molecule has 2 aromatic heterocycles. The van der Waals surface area contributed by atoms with Crippen molar-refractivity contribution in [1.82, 2.24) is 9.71 Å². The highest BCUT2D eigenvalue weighted by atomic mass is 79.9. The number of aromatic carboxylic acids is 1. The van der Waals surface area contributed by atoms with Crippen molar-refractivity contribution < 1.29 is 18.3 Å². The zero-order chi connectivity index (χ0) is 15.6. The Morgan fingerprint density at radius 1 is 1.52 bits per heavy atom. The number of nitrogens with zero attached hydrogens (tertiary/aromatic N) is 1. The van der Waals surface area contributed by atoms with E-state index in [-0.39, 0.29) is 20.1 Å². The van der Waals surface area contributed by atoms with Crippen LogP contribution in [0.1, 0.15) is 20.4 Å². The molecule has 2 heterocycles. The molecule has 0 fully saturated rings. The Morgan fingerprint density at radius 3 is 2.76 bits per heavy atom. The van der Waals surface area contributed by atoms with Gasteiger partial charge < -0.3 is 5.11 Å². The van der Waals surface area contributed by atoms with Gasteiger partial charge >= 0.3 is 5.97 Å². The number of carbonyl (C=O) groups is 1. The van der Waals surface area contributed by atoms with Gasteiger partial charge in [0.1, 0.15) is 9.77 Å². The van der Waals surface area contributed by atoms with Crippen LogP contribution in [0.4, 0.5) is 0 Å². The first kappa shape index (κ1) is 16.6. The molecule has 0 aliphatic heterocycles.